The van der Waals surface area contributed by atoms with Gasteiger partial charge in [0.1, 0.15) is 0 Å². The van der Waals surface area contributed by atoms with Gasteiger partial charge in [-0.3, -0.25) is 4.68 Å². The normalized spacial score (nSPS) is 14.1. The molecule has 0 amide bonds. The Labute approximate surface area is 147 Å². The molecule has 0 bridgehead atoms. The van der Waals surface area contributed by atoms with Crippen LogP contribution in [0.25, 0.3) is 0 Å². The maximum Gasteiger partial charge on any atom is 0.0659 e. The van der Waals surface area contributed by atoms with Crippen LogP contribution in [0.3, 0.4) is 0 Å². The summed E-state index contributed by atoms with van der Waals surface area (Å²) in [4.78, 5) is 2.45. The van der Waals surface area contributed by atoms with E-state index >= 15 is 0 Å². The Kier molecular flexibility index (Phi) is 10.3. The minimum absolute atomic E-state index is 0. The second-order valence-corrected chi connectivity index (χ2v) is 6.08. The van der Waals surface area contributed by atoms with E-state index in [-0.39, 0.29) is 24.8 Å². The Morgan fingerprint density at radius 3 is 2.41 bits per heavy atom. The minimum atomic E-state index is 0. The quantitative estimate of drug-likeness (QED) is 0.690. The Morgan fingerprint density at radius 2 is 1.91 bits per heavy atom. The van der Waals surface area contributed by atoms with Crippen molar-refractivity contribution in [2.24, 2.45) is 0 Å². The predicted molar refractivity (Wildman–Crippen MR) is 98.6 cm³/mol. The molecule has 0 aromatic carbocycles. The molecule has 0 atom stereocenters. The highest BCUT2D eigenvalue weighted by molar-refractivity contribution is 5.85. The second-order valence-electron chi connectivity index (χ2n) is 6.08. The van der Waals surface area contributed by atoms with Crippen LogP contribution in [-0.2, 0) is 6.54 Å². The van der Waals surface area contributed by atoms with Crippen molar-refractivity contribution < 1.29 is 0 Å². The van der Waals surface area contributed by atoms with Gasteiger partial charge in [0.15, 0.2) is 0 Å². The zero-order valence-electron chi connectivity index (χ0n) is 14.3. The number of hydrogen-bond donors (Lipinski definition) is 1. The lowest BCUT2D eigenvalue weighted by atomic mass is 10.2. The monoisotopic (exact) mass is 350 g/mol. The standard InChI is InChI=1S/C16H30N4.2ClH/c1-5-19(6-2)10-9-17-12-15-11-16(14-7-8-14)18-20(15)13(3)4;;/h11,13-14,17H,5-10,12H2,1-4H3;2*1H. The molecule has 1 aromatic rings. The van der Waals surface area contributed by atoms with Crippen LogP contribution in [0.1, 0.15) is 63.9 Å². The number of aromatic nitrogens is 2. The van der Waals surface area contributed by atoms with Gasteiger partial charge in [-0.15, -0.1) is 24.8 Å². The fourth-order valence-electron chi connectivity index (χ4n) is 2.61. The number of nitrogens with one attached hydrogen (secondary N) is 1. The van der Waals surface area contributed by atoms with Crippen molar-refractivity contribution in [3.8, 4) is 0 Å². The van der Waals surface area contributed by atoms with Crippen LogP contribution < -0.4 is 5.32 Å². The van der Waals surface area contributed by atoms with Crippen LogP contribution >= 0.6 is 24.8 Å². The molecule has 1 aliphatic rings. The molecule has 0 spiro atoms. The van der Waals surface area contributed by atoms with E-state index in [1.807, 2.05) is 0 Å². The molecule has 22 heavy (non-hydrogen) atoms. The summed E-state index contributed by atoms with van der Waals surface area (Å²) in [7, 11) is 0. The Hall–Kier alpha value is -0.290. The van der Waals surface area contributed by atoms with Gasteiger partial charge in [-0.2, -0.15) is 5.10 Å². The zero-order chi connectivity index (χ0) is 14.5. The summed E-state index contributed by atoms with van der Waals surface area (Å²) in [5, 5.41) is 8.35. The summed E-state index contributed by atoms with van der Waals surface area (Å²) in [5.74, 6) is 0.740. The fourth-order valence-corrected chi connectivity index (χ4v) is 2.61. The fraction of sp³-hybridized carbons (Fsp3) is 0.812. The van der Waals surface area contributed by atoms with Crippen LogP contribution in [0.4, 0.5) is 0 Å². The van der Waals surface area contributed by atoms with Crippen molar-refractivity contribution in [3.05, 3.63) is 17.5 Å². The van der Waals surface area contributed by atoms with Gasteiger partial charge in [0, 0.05) is 31.6 Å². The van der Waals surface area contributed by atoms with Crippen molar-refractivity contribution in [1.29, 1.82) is 0 Å². The first-order valence-electron chi connectivity index (χ1n) is 8.17. The average Bonchev–Trinajstić information content (AvgIpc) is 3.19. The van der Waals surface area contributed by atoms with Crippen molar-refractivity contribution in [1.82, 2.24) is 20.0 Å². The molecule has 1 heterocycles. The molecule has 1 aromatic heterocycles. The largest absolute Gasteiger partial charge is 0.310 e. The summed E-state index contributed by atoms with van der Waals surface area (Å²) in [5.41, 5.74) is 2.64. The van der Waals surface area contributed by atoms with E-state index in [1.165, 1.54) is 24.2 Å². The molecule has 1 fully saturated rings. The second kappa shape index (κ2) is 10.5. The van der Waals surface area contributed by atoms with Crippen LogP contribution in [0.5, 0.6) is 0 Å². The molecule has 130 valence electrons. The molecule has 1 N–H and O–H groups in total. The third-order valence-corrected chi connectivity index (χ3v) is 4.12. The maximum absolute atomic E-state index is 4.78. The number of nitrogens with zero attached hydrogens (tertiary/aromatic N) is 3. The van der Waals surface area contributed by atoms with Crippen LogP contribution in [0.15, 0.2) is 6.07 Å². The van der Waals surface area contributed by atoms with Crippen molar-refractivity contribution in [2.75, 3.05) is 26.2 Å². The Bertz CT molecular complexity index is 412. The van der Waals surface area contributed by atoms with E-state index in [1.54, 1.807) is 0 Å². The smallest absolute Gasteiger partial charge is 0.0659 e. The van der Waals surface area contributed by atoms with Gasteiger partial charge in [0.05, 0.1) is 11.4 Å². The molecule has 0 aliphatic heterocycles. The van der Waals surface area contributed by atoms with Gasteiger partial charge >= 0.3 is 0 Å². The van der Waals surface area contributed by atoms with E-state index in [0.717, 1.165) is 38.6 Å². The summed E-state index contributed by atoms with van der Waals surface area (Å²) in [6, 6.07) is 2.75. The summed E-state index contributed by atoms with van der Waals surface area (Å²) in [6.45, 7) is 14.2. The van der Waals surface area contributed by atoms with Crippen LogP contribution in [0, 0.1) is 0 Å². The van der Waals surface area contributed by atoms with E-state index in [2.05, 4.69) is 48.7 Å². The van der Waals surface area contributed by atoms with Crippen molar-refractivity contribution >= 4 is 24.8 Å². The van der Waals surface area contributed by atoms with Gasteiger partial charge in [0.2, 0.25) is 0 Å². The topological polar surface area (TPSA) is 33.1 Å². The summed E-state index contributed by atoms with van der Waals surface area (Å²) < 4.78 is 2.19. The van der Waals surface area contributed by atoms with E-state index < -0.39 is 0 Å². The lowest BCUT2D eigenvalue weighted by Crippen LogP contribution is -2.32. The molecule has 0 unspecified atom stereocenters. The van der Waals surface area contributed by atoms with Crippen LogP contribution in [0.2, 0.25) is 0 Å². The summed E-state index contributed by atoms with van der Waals surface area (Å²) in [6.07, 6.45) is 2.65. The minimum Gasteiger partial charge on any atom is -0.310 e. The van der Waals surface area contributed by atoms with E-state index in [0.29, 0.717) is 6.04 Å². The highest BCUT2D eigenvalue weighted by Gasteiger charge is 2.27. The van der Waals surface area contributed by atoms with Crippen molar-refractivity contribution in [3.63, 3.8) is 0 Å². The predicted octanol–water partition coefficient (Wildman–Crippen LogP) is 3.62. The lowest BCUT2D eigenvalue weighted by Gasteiger charge is -2.18. The van der Waals surface area contributed by atoms with Gasteiger partial charge in [-0.25, -0.2) is 0 Å². The van der Waals surface area contributed by atoms with Crippen LogP contribution in [-0.4, -0.2) is 40.9 Å². The molecule has 4 nitrogen and oxygen atoms in total. The molecule has 0 radical (unpaired) electrons. The number of halogens is 2. The van der Waals surface area contributed by atoms with E-state index in [4.69, 9.17) is 5.10 Å². The van der Waals surface area contributed by atoms with Gasteiger partial charge in [0.25, 0.3) is 0 Å². The Morgan fingerprint density at radius 1 is 1.27 bits per heavy atom. The summed E-state index contributed by atoms with van der Waals surface area (Å²) >= 11 is 0. The van der Waals surface area contributed by atoms with Crippen molar-refractivity contribution in [2.45, 2.75) is 59.0 Å². The molecule has 0 saturated heterocycles. The highest BCUT2D eigenvalue weighted by atomic mass is 35.5. The first-order chi connectivity index (χ1) is 9.65. The third kappa shape index (κ3) is 6.07. The van der Waals surface area contributed by atoms with Gasteiger partial charge in [-0.1, -0.05) is 13.8 Å². The Balaban J connectivity index is 0.00000220. The zero-order valence-corrected chi connectivity index (χ0v) is 16.0. The maximum atomic E-state index is 4.78. The molecule has 1 aliphatic carbocycles. The van der Waals surface area contributed by atoms with Gasteiger partial charge in [-0.05, 0) is 45.8 Å². The number of hydrogen-bond acceptors (Lipinski definition) is 3. The van der Waals surface area contributed by atoms with Gasteiger partial charge < -0.3 is 10.2 Å². The van der Waals surface area contributed by atoms with E-state index in [9.17, 15) is 0 Å². The average molecular weight is 351 g/mol. The highest BCUT2D eigenvalue weighted by Crippen LogP contribution is 2.39. The molecular formula is C16H32Cl2N4. The third-order valence-electron chi connectivity index (χ3n) is 4.12. The first kappa shape index (κ1) is 21.7. The number of likely N-dealkylation sites (N-methyl/N-ethyl adjacent to an activating group) is 1. The number of rotatable bonds is 9. The molecule has 2 rings (SSSR count). The lowest BCUT2D eigenvalue weighted by molar-refractivity contribution is 0.301. The first-order valence-corrected chi connectivity index (χ1v) is 8.17. The SMILES string of the molecule is CCN(CC)CCNCc1cc(C2CC2)nn1C(C)C.Cl.Cl. The molecular weight excluding hydrogens is 319 g/mol. The molecule has 6 heteroatoms. The molecule has 1 saturated carbocycles.